The van der Waals surface area contributed by atoms with Crippen LogP contribution in [0.1, 0.15) is 25.4 Å². The van der Waals surface area contributed by atoms with Crippen molar-refractivity contribution in [1.82, 2.24) is 19.8 Å². The van der Waals surface area contributed by atoms with E-state index in [9.17, 15) is 9.59 Å². The number of nitrogens with one attached hydrogen (secondary N) is 1. The van der Waals surface area contributed by atoms with Crippen molar-refractivity contribution in [1.29, 1.82) is 0 Å². The summed E-state index contributed by atoms with van der Waals surface area (Å²) < 4.78 is 0. The fraction of sp³-hybridized carbons (Fsp3) is 0.571. The van der Waals surface area contributed by atoms with Gasteiger partial charge in [-0.25, -0.2) is 9.97 Å². The zero-order valence-corrected chi connectivity index (χ0v) is 12.7. The molecule has 0 aromatic carbocycles. The highest BCUT2D eigenvalue weighted by molar-refractivity contribution is 6.35. The number of piperazine rings is 1. The summed E-state index contributed by atoms with van der Waals surface area (Å²) in [5.74, 6) is 0.379. The first-order valence-corrected chi connectivity index (χ1v) is 7.21. The van der Waals surface area contributed by atoms with Gasteiger partial charge in [0.25, 0.3) is 0 Å². The second-order valence-electron chi connectivity index (χ2n) is 4.95. The summed E-state index contributed by atoms with van der Waals surface area (Å²) in [5.41, 5.74) is 0.835. The molecular formula is C14H21N5O2. The molecule has 2 heterocycles. The van der Waals surface area contributed by atoms with E-state index in [0.717, 1.165) is 18.1 Å². The van der Waals surface area contributed by atoms with Crippen LogP contribution in [0.5, 0.6) is 0 Å². The van der Waals surface area contributed by atoms with Crippen molar-refractivity contribution in [3.05, 3.63) is 17.6 Å². The Bertz CT molecular complexity index is 546. The number of nitrogens with zero attached hydrogens (tertiary/aromatic N) is 4. The van der Waals surface area contributed by atoms with Gasteiger partial charge < -0.3 is 15.1 Å². The molecule has 1 aliphatic heterocycles. The lowest BCUT2D eigenvalue weighted by molar-refractivity contribution is -0.156. The molecule has 0 bridgehead atoms. The van der Waals surface area contributed by atoms with E-state index in [1.165, 1.54) is 4.90 Å². The molecule has 114 valence electrons. The summed E-state index contributed by atoms with van der Waals surface area (Å²) in [4.78, 5) is 35.7. The second kappa shape index (κ2) is 6.51. The smallest absolute Gasteiger partial charge is 0.312 e. The first-order valence-electron chi connectivity index (χ1n) is 7.21. The number of likely N-dealkylation sites (N-methyl/N-ethyl adjacent to an activating group) is 1. The Labute approximate surface area is 124 Å². The number of rotatable bonds is 5. The Hall–Kier alpha value is -2.18. The minimum atomic E-state index is -0.474. The number of carbonyl (C=O) groups excluding carboxylic acids is 2. The lowest BCUT2D eigenvalue weighted by atomic mass is 10.3. The van der Waals surface area contributed by atoms with E-state index in [0.29, 0.717) is 25.5 Å². The predicted molar refractivity (Wildman–Crippen MR) is 78.6 cm³/mol. The van der Waals surface area contributed by atoms with E-state index in [-0.39, 0.29) is 6.54 Å². The van der Waals surface area contributed by atoms with Crippen LogP contribution in [0.25, 0.3) is 0 Å². The molecule has 2 rings (SSSR count). The molecule has 7 heteroatoms. The monoisotopic (exact) mass is 291 g/mol. The molecule has 0 aliphatic carbocycles. The van der Waals surface area contributed by atoms with Gasteiger partial charge in [0.05, 0.1) is 6.54 Å². The predicted octanol–water partition coefficient (Wildman–Crippen LogP) is 0.408. The molecule has 2 amide bonds. The third kappa shape index (κ3) is 3.48. The van der Waals surface area contributed by atoms with Gasteiger partial charge in [-0.3, -0.25) is 9.59 Å². The van der Waals surface area contributed by atoms with E-state index in [2.05, 4.69) is 15.3 Å². The highest BCUT2D eigenvalue weighted by Crippen LogP contribution is 2.11. The maximum Gasteiger partial charge on any atom is 0.312 e. The van der Waals surface area contributed by atoms with Crippen LogP contribution in [0.15, 0.2) is 6.07 Å². The van der Waals surface area contributed by atoms with E-state index < -0.39 is 11.8 Å². The minimum absolute atomic E-state index is 0.266. The van der Waals surface area contributed by atoms with E-state index in [1.54, 1.807) is 4.90 Å². The third-order valence-electron chi connectivity index (χ3n) is 3.37. The summed E-state index contributed by atoms with van der Waals surface area (Å²) in [5, 5.41) is 3.13. The number of hydrogen-bond acceptors (Lipinski definition) is 5. The first kappa shape index (κ1) is 15.2. The van der Waals surface area contributed by atoms with Gasteiger partial charge in [0, 0.05) is 37.9 Å². The summed E-state index contributed by atoms with van der Waals surface area (Å²) in [6.45, 7) is 8.41. The molecule has 1 saturated heterocycles. The number of amides is 2. The number of carbonyl (C=O) groups is 2. The average Bonchev–Trinajstić information content (AvgIpc) is 2.44. The van der Waals surface area contributed by atoms with E-state index >= 15 is 0 Å². The summed E-state index contributed by atoms with van der Waals surface area (Å²) in [7, 11) is 0. The lowest BCUT2D eigenvalue weighted by Crippen LogP contribution is -2.53. The highest BCUT2D eigenvalue weighted by Gasteiger charge is 2.31. The van der Waals surface area contributed by atoms with Crippen LogP contribution >= 0.6 is 0 Å². The fourth-order valence-electron chi connectivity index (χ4n) is 2.31. The standard InChI is InChI=1S/C14H21N5O2/c1-4-15-11-8-10(3)16-12(17-11)9-19-7-6-18(5-2)13(20)14(19)21/h8H,4-7,9H2,1-3H3,(H,15,16,17). The lowest BCUT2D eigenvalue weighted by Gasteiger charge is -2.32. The van der Waals surface area contributed by atoms with Gasteiger partial charge in [0.1, 0.15) is 11.6 Å². The van der Waals surface area contributed by atoms with Gasteiger partial charge >= 0.3 is 11.8 Å². The van der Waals surface area contributed by atoms with Gasteiger partial charge in [0.15, 0.2) is 0 Å². The maximum atomic E-state index is 12.1. The van der Waals surface area contributed by atoms with Crippen molar-refractivity contribution in [3.63, 3.8) is 0 Å². The van der Waals surface area contributed by atoms with Crippen molar-refractivity contribution < 1.29 is 9.59 Å². The third-order valence-corrected chi connectivity index (χ3v) is 3.37. The summed E-state index contributed by atoms with van der Waals surface area (Å²) >= 11 is 0. The molecule has 0 unspecified atom stereocenters. The minimum Gasteiger partial charge on any atom is -0.370 e. The van der Waals surface area contributed by atoms with Gasteiger partial charge in [-0.15, -0.1) is 0 Å². The Kier molecular flexibility index (Phi) is 4.72. The Morgan fingerprint density at radius 3 is 2.48 bits per heavy atom. The van der Waals surface area contributed by atoms with E-state index in [4.69, 9.17) is 0 Å². The fourth-order valence-corrected chi connectivity index (χ4v) is 2.31. The topological polar surface area (TPSA) is 78.4 Å². The molecule has 0 radical (unpaired) electrons. The van der Waals surface area contributed by atoms with Crippen LogP contribution < -0.4 is 5.32 Å². The number of aryl methyl sites for hydroxylation is 1. The second-order valence-corrected chi connectivity index (χ2v) is 4.95. The van der Waals surface area contributed by atoms with Crippen molar-refractivity contribution in [2.24, 2.45) is 0 Å². The normalized spacial score (nSPS) is 15.6. The maximum absolute atomic E-state index is 12.1. The largest absolute Gasteiger partial charge is 0.370 e. The number of aromatic nitrogens is 2. The van der Waals surface area contributed by atoms with Crippen LogP contribution in [0, 0.1) is 6.92 Å². The first-order chi connectivity index (χ1) is 10.0. The Balaban J connectivity index is 2.11. The molecular weight excluding hydrogens is 270 g/mol. The summed E-state index contributed by atoms with van der Waals surface area (Å²) in [6, 6.07) is 1.86. The van der Waals surface area contributed by atoms with Crippen molar-refractivity contribution in [2.75, 3.05) is 31.5 Å². The molecule has 0 saturated carbocycles. The quantitative estimate of drug-likeness (QED) is 0.795. The van der Waals surface area contributed by atoms with Gasteiger partial charge in [-0.2, -0.15) is 0 Å². The molecule has 1 N–H and O–H groups in total. The average molecular weight is 291 g/mol. The molecule has 1 aliphatic rings. The SMILES string of the molecule is CCNc1cc(C)nc(CN2CCN(CC)C(=O)C2=O)n1. The van der Waals surface area contributed by atoms with Gasteiger partial charge in [-0.1, -0.05) is 0 Å². The van der Waals surface area contributed by atoms with Crippen LogP contribution in [0.4, 0.5) is 5.82 Å². The Morgan fingerprint density at radius 2 is 1.81 bits per heavy atom. The number of anilines is 1. The molecule has 1 aromatic rings. The summed E-state index contributed by atoms with van der Waals surface area (Å²) in [6.07, 6.45) is 0. The zero-order valence-electron chi connectivity index (χ0n) is 12.7. The van der Waals surface area contributed by atoms with Crippen molar-refractivity contribution in [2.45, 2.75) is 27.3 Å². The van der Waals surface area contributed by atoms with Crippen LogP contribution in [-0.4, -0.2) is 57.8 Å². The molecule has 0 atom stereocenters. The van der Waals surface area contributed by atoms with Crippen molar-refractivity contribution >= 4 is 17.6 Å². The molecule has 7 nitrogen and oxygen atoms in total. The molecule has 0 spiro atoms. The van der Waals surface area contributed by atoms with Crippen molar-refractivity contribution in [3.8, 4) is 0 Å². The van der Waals surface area contributed by atoms with Crippen LogP contribution in [0.3, 0.4) is 0 Å². The molecule has 1 aromatic heterocycles. The van der Waals surface area contributed by atoms with E-state index in [1.807, 2.05) is 26.8 Å². The van der Waals surface area contributed by atoms with Crippen LogP contribution in [-0.2, 0) is 16.1 Å². The van der Waals surface area contributed by atoms with Gasteiger partial charge in [-0.05, 0) is 20.8 Å². The Morgan fingerprint density at radius 1 is 1.14 bits per heavy atom. The highest BCUT2D eigenvalue weighted by atomic mass is 16.2. The van der Waals surface area contributed by atoms with Crippen LogP contribution in [0.2, 0.25) is 0 Å². The van der Waals surface area contributed by atoms with Gasteiger partial charge in [0.2, 0.25) is 0 Å². The molecule has 21 heavy (non-hydrogen) atoms. The number of hydrogen-bond donors (Lipinski definition) is 1. The molecule has 1 fully saturated rings. The zero-order chi connectivity index (χ0) is 15.4.